The second-order valence-corrected chi connectivity index (χ2v) is 9.90. The smallest absolute Gasteiger partial charge is 0.413 e. The predicted octanol–water partition coefficient (Wildman–Crippen LogP) is 6.31. The lowest BCUT2D eigenvalue weighted by molar-refractivity contribution is 0.0636. The number of unbranched alkanes of at least 4 members (excludes halogenated alkanes) is 2. The van der Waals surface area contributed by atoms with Gasteiger partial charge in [0.1, 0.15) is 5.60 Å². The van der Waals surface area contributed by atoms with Crippen molar-refractivity contribution < 1.29 is 14.3 Å². The van der Waals surface area contributed by atoms with E-state index in [1.54, 1.807) is 0 Å². The quantitative estimate of drug-likeness (QED) is 0.400. The Morgan fingerprint density at radius 1 is 1.06 bits per heavy atom. The number of carbonyl (C=O) groups is 2. The van der Waals surface area contributed by atoms with Crippen molar-refractivity contribution in [2.75, 3.05) is 25.0 Å². The molecule has 2 aromatic rings. The van der Waals surface area contributed by atoms with E-state index in [9.17, 15) is 9.59 Å². The van der Waals surface area contributed by atoms with Gasteiger partial charge in [0.25, 0.3) is 0 Å². The molecule has 0 aliphatic heterocycles. The molecule has 0 atom stereocenters. The Morgan fingerprint density at radius 2 is 1.70 bits per heavy atom. The van der Waals surface area contributed by atoms with Crippen LogP contribution in [0.4, 0.5) is 14.7 Å². The number of carbonyl (C=O) groups excluding carboxylic acids is 2. The molecule has 0 saturated carbocycles. The molecule has 33 heavy (non-hydrogen) atoms. The van der Waals surface area contributed by atoms with E-state index in [4.69, 9.17) is 4.74 Å². The predicted molar refractivity (Wildman–Crippen MR) is 136 cm³/mol. The molecule has 1 aromatic heterocycles. The van der Waals surface area contributed by atoms with Crippen LogP contribution in [-0.4, -0.2) is 47.2 Å². The second kappa shape index (κ2) is 13.2. The molecule has 0 saturated heterocycles. The second-order valence-electron chi connectivity index (χ2n) is 9.04. The van der Waals surface area contributed by atoms with E-state index >= 15 is 0 Å². The first-order valence-corrected chi connectivity index (χ1v) is 12.7. The van der Waals surface area contributed by atoms with Gasteiger partial charge in [0.2, 0.25) is 0 Å². The summed E-state index contributed by atoms with van der Waals surface area (Å²) >= 11 is 1.36. The highest BCUT2D eigenvalue weighted by atomic mass is 32.1. The summed E-state index contributed by atoms with van der Waals surface area (Å²) in [6.07, 6.45) is 4.49. The number of thiazole rings is 1. The van der Waals surface area contributed by atoms with Crippen molar-refractivity contribution in [3.05, 3.63) is 35.2 Å². The van der Waals surface area contributed by atoms with E-state index in [0.717, 1.165) is 62.0 Å². The van der Waals surface area contributed by atoms with Crippen molar-refractivity contribution >= 4 is 28.6 Å². The van der Waals surface area contributed by atoms with Crippen molar-refractivity contribution in [2.24, 2.45) is 0 Å². The Labute approximate surface area is 201 Å². The highest BCUT2D eigenvalue weighted by molar-refractivity contribution is 7.14. The molecule has 0 fully saturated rings. The monoisotopic (exact) mass is 474 g/mol. The molecule has 0 unspecified atom stereocenters. The fourth-order valence-electron chi connectivity index (χ4n) is 3.14. The summed E-state index contributed by atoms with van der Waals surface area (Å²) in [6.45, 7) is 12.0. The number of nitrogens with zero attached hydrogens (tertiary/aromatic N) is 2. The van der Waals surface area contributed by atoms with E-state index in [0.29, 0.717) is 11.7 Å². The molecular weight excluding hydrogens is 436 g/mol. The Hall–Kier alpha value is -2.61. The molecule has 0 radical (unpaired) electrons. The highest BCUT2D eigenvalue weighted by Crippen LogP contribution is 2.25. The van der Waals surface area contributed by atoms with Crippen LogP contribution in [0.5, 0.6) is 0 Å². The number of amides is 3. The number of ether oxygens (including phenoxy) is 1. The van der Waals surface area contributed by atoms with Gasteiger partial charge in [-0.1, -0.05) is 51.0 Å². The third kappa shape index (κ3) is 9.82. The van der Waals surface area contributed by atoms with Crippen molar-refractivity contribution in [3.8, 4) is 11.3 Å². The SMILES string of the molecule is CCCCN(CCCC)C(=O)NCCc1ccc(-c2csc(NC(=O)OC(C)(C)C)n2)cc1. The van der Waals surface area contributed by atoms with Crippen LogP contribution in [0.2, 0.25) is 0 Å². The van der Waals surface area contributed by atoms with Gasteiger partial charge < -0.3 is 15.0 Å². The summed E-state index contributed by atoms with van der Waals surface area (Å²) in [5.41, 5.74) is 2.37. The van der Waals surface area contributed by atoms with Crippen LogP contribution in [0.15, 0.2) is 29.6 Å². The Balaban J connectivity index is 1.85. The lowest BCUT2D eigenvalue weighted by Gasteiger charge is -2.22. The molecule has 2 N–H and O–H groups in total. The topological polar surface area (TPSA) is 83.6 Å². The van der Waals surface area contributed by atoms with Crippen LogP contribution < -0.4 is 10.6 Å². The minimum atomic E-state index is -0.553. The lowest BCUT2D eigenvalue weighted by Crippen LogP contribution is -2.41. The van der Waals surface area contributed by atoms with Gasteiger partial charge in [-0.3, -0.25) is 5.32 Å². The average Bonchev–Trinajstić information content (AvgIpc) is 3.21. The molecule has 0 aliphatic carbocycles. The number of nitrogens with one attached hydrogen (secondary N) is 2. The van der Waals surface area contributed by atoms with Gasteiger partial charge in [-0.2, -0.15) is 0 Å². The highest BCUT2D eigenvalue weighted by Gasteiger charge is 2.17. The molecular formula is C25H38N4O3S. The fourth-order valence-corrected chi connectivity index (χ4v) is 3.84. The largest absolute Gasteiger partial charge is 0.444 e. The maximum Gasteiger partial charge on any atom is 0.413 e. The van der Waals surface area contributed by atoms with Gasteiger partial charge >= 0.3 is 12.1 Å². The number of rotatable bonds is 11. The molecule has 3 amide bonds. The van der Waals surface area contributed by atoms with Crippen LogP contribution in [-0.2, 0) is 11.2 Å². The van der Waals surface area contributed by atoms with Crippen molar-refractivity contribution in [1.82, 2.24) is 15.2 Å². The molecule has 1 heterocycles. The minimum Gasteiger partial charge on any atom is -0.444 e. The molecule has 0 bridgehead atoms. The number of benzene rings is 1. The summed E-state index contributed by atoms with van der Waals surface area (Å²) in [5.74, 6) is 0. The van der Waals surface area contributed by atoms with Crippen LogP contribution in [0.3, 0.4) is 0 Å². The maximum atomic E-state index is 12.5. The summed E-state index contributed by atoms with van der Waals surface area (Å²) in [5, 5.41) is 8.14. The van der Waals surface area contributed by atoms with Crippen LogP contribution in [0.25, 0.3) is 11.3 Å². The number of aromatic nitrogens is 1. The Bertz CT molecular complexity index is 867. The third-order valence-electron chi connectivity index (χ3n) is 4.90. The Morgan fingerprint density at radius 3 is 2.27 bits per heavy atom. The van der Waals surface area contributed by atoms with Gasteiger partial charge in [0, 0.05) is 30.6 Å². The summed E-state index contributed by atoms with van der Waals surface area (Å²) < 4.78 is 5.26. The van der Waals surface area contributed by atoms with E-state index in [1.165, 1.54) is 11.3 Å². The number of hydrogen-bond donors (Lipinski definition) is 2. The van der Waals surface area contributed by atoms with E-state index in [-0.39, 0.29) is 6.03 Å². The van der Waals surface area contributed by atoms with Gasteiger partial charge in [0.05, 0.1) is 5.69 Å². The standard InChI is InChI=1S/C25H38N4O3S/c1-6-8-16-29(17-9-7-2)23(30)26-15-14-19-10-12-20(13-11-19)21-18-33-22(27-21)28-24(31)32-25(3,4)5/h10-13,18H,6-9,14-17H2,1-5H3,(H,26,30)(H,27,28,31). The summed E-state index contributed by atoms with van der Waals surface area (Å²) in [4.78, 5) is 30.8. The van der Waals surface area contributed by atoms with E-state index < -0.39 is 11.7 Å². The maximum absolute atomic E-state index is 12.5. The van der Waals surface area contributed by atoms with Crippen LogP contribution >= 0.6 is 11.3 Å². The molecule has 7 nitrogen and oxygen atoms in total. The van der Waals surface area contributed by atoms with Crippen LogP contribution in [0.1, 0.15) is 65.9 Å². The number of anilines is 1. The molecule has 0 aliphatic rings. The molecule has 2 rings (SSSR count). The van der Waals surface area contributed by atoms with Gasteiger partial charge in [-0.25, -0.2) is 14.6 Å². The first kappa shape index (κ1) is 26.6. The van der Waals surface area contributed by atoms with Crippen molar-refractivity contribution in [1.29, 1.82) is 0 Å². The normalized spacial score (nSPS) is 11.2. The molecule has 0 spiro atoms. The first-order chi connectivity index (χ1) is 15.7. The molecule has 8 heteroatoms. The third-order valence-corrected chi connectivity index (χ3v) is 5.66. The van der Waals surface area contributed by atoms with Crippen molar-refractivity contribution in [2.45, 2.75) is 72.3 Å². The minimum absolute atomic E-state index is 0.0287. The van der Waals surface area contributed by atoms with Crippen LogP contribution in [0, 0.1) is 0 Å². The van der Waals surface area contributed by atoms with Gasteiger partial charge in [-0.15, -0.1) is 11.3 Å². The molecule has 182 valence electrons. The zero-order valence-electron chi connectivity index (χ0n) is 20.6. The lowest BCUT2D eigenvalue weighted by atomic mass is 10.1. The van der Waals surface area contributed by atoms with Gasteiger partial charge in [0.15, 0.2) is 5.13 Å². The van der Waals surface area contributed by atoms with Gasteiger partial charge in [-0.05, 0) is 45.6 Å². The van der Waals surface area contributed by atoms with E-state index in [2.05, 4.69) is 29.5 Å². The first-order valence-electron chi connectivity index (χ1n) is 11.8. The summed E-state index contributed by atoms with van der Waals surface area (Å²) in [7, 11) is 0. The number of urea groups is 1. The van der Waals surface area contributed by atoms with Crippen molar-refractivity contribution in [3.63, 3.8) is 0 Å². The molecule has 1 aromatic carbocycles. The zero-order valence-corrected chi connectivity index (χ0v) is 21.4. The fraction of sp³-hybridized carbons (Fsp3) is 0.560. The zero-order chi connectivity index (χ0) is 24.3. The summed E-state index contributed by atoms with van der Waals surface area (Å²) in [6, 6.07) is 8.15. The number of hydrogen-bond acceptors (Lipinski definition) is 5. The Kier molecular flexibility index (Phi) is 10.6. The van der Waals surface area contributed by atoms with E-state index in [1.807, 2.05) is 55.3 Å². The average molecular weight is 475 g/mol.